The third-order valence-electron chi connectivity index (χ3n) is 6.56. The van der Waals surface area contributed by atoms with Crippen LogP contribution in [0.2, 0.25) is 0 Å². The van der Waals surface area contributed by atoms with Crippen LogP contribution in [0.15, 0.2) is 85.3 Å². The van der Waals surface area contributed by atoms with Gasteiger partial charge < -0.3 is 25.7 Å². The summed E-state index contributed by atoms with van der Waals surface area (Å²) in [4.78, 5) is 46.8. The highest BCUT2D eigenvalue weighted by Gasteiger charge is 2.28. The zero-order valence-electron chi connectivity index (χ0n) is 23.3. The molecule has 0 spiro atoms. The van der Waals surface area contributed by atoms with E-state index in [1.165, 1.54) is 6.33 Å². The number of rotatable bonds is 13. The van der Waals surface area contributed by atoms with E-state index < -0.39 is 24.1 Å². The number of amides is 3. The highest BCUT2D eigenvalue weighted by Crippen LogP contribution is 2.20. The highest BCUT2D eigenvalue weighted by molar-refractivity contribution is 5.93. The number of imidazole rings is 1. The fourth-order valence-electron chi connectivity index (χ4n) is 4.40. The molecule has 3 aromatic carbocycles. The molecular weight excluding hydrogens is 518 g/mol. The van der Waals surface area contributed by atoms with E-state index in [-0.39, 0.29) is 25.4 Å². The molecule has 4 rings (SSSR count). The van der Waals surface area contributed by atoms with Crippen molar-refractivity contribution in [2.24, 2.45) is 5.92 Å². The van der Waals surface area contributed by atoms with Crippen LogP contribution >= 0.6 is 0 Å². The molecule has 1 heterocycles. The molecule has 1 radical (unpaired) electrons. The maximum absolute atomic E-state index is 13.7. The van der Waals surface area contributed by atoms with Crippen LogP contribution < -0.4 is 16.0 Å². The van der Waals surface area contributed by atoms with Gasteiger partial charge in [0, 0.05) is 25.6 Å². The van der Waals surface area contributed by atoms with Crippen LogP contribution in [0.1, 0.15) is 37.1 Å². The van der Waals surface area contributed by atoms with Crippen molar-refractivity contribution < 1.29 is 19.1 Å². The summed E-state index contributed by atoms with van der Waals surface area (Å²) in [5.74, 6) is -0.502. The van der Waals surface area contributed by atoms with Crippen molar-refractivity contribution in [1.29, 1.82) is 0 Å². The van der Waals surface area contributed by atoms with E-state index in [1.54, 1.807) is 12.7 Å². The Balaban J connectivity index is 1.53. The summed E-state index contributed by atoms with van der Waals surface area (Å²) >= 11 is 0. The number of fused-ring (bicyclic) bond motifs is 1. The summed E-state index contributed by atoms with van der Waals surface area (Å²) < 4.78 is 5.42. The van der Waals surface area contributed by atoms with Gasteiger partial charge in [-0.05, 0) is 34.2 Å². The van der Waals surface area contributed by atoms with Crippen LogP contribution in [-0.2, 0) is 33.8 Å². The lowest BCUT2D eigenvalue weighted by atomic mass is 9.98. The van der Waals surface area contributed by atoms with Crippen molar-refractivity contribution in [3.05, 3.63) is 109 Å². The number of carbonyl (C=O) groups is 3. The molecule has 0 unspecified atom stereocenters. The third kappa shape index (κ3) is 8.93. The van der Waals surface area contributed by atoms with Gasteiger partial charge in [0.1, 0.15) is 18.7 Å². The molecule has 3 amide bonds. The summed E-state index contributed by atoms with van der Waals surface area (Å²) in [6.07, 6.45) is 3.53. The first-order valence-electron chi connectivity index (χ1n) is 13.7. The van der Waals surface area contributed by atoms with Crippen LogP contribution in [0, 0.1) is 12.5 Å². The Morgan fingerprint density at radius 2 is 1.61 bits per heavy atom. The quantitative estimate of drug-likeness (QED) is 0.194. The first-order chi connectivity index (χ1) is 19.9. The van der Waals surface area contributed by atoms with Gasteiger partial charge in [-0.2, -0.15) is 0 Å². The van der Waals surface area contributed by atoms with E-state index in [0.717, 1.165) is 21.9 Å². The number of H-pyrrole nitrogens is 1. The van der Waals surface area contributed by atoms with E-state index in [4.69, 9.17) is 4.74 Å². The molecule has 0 aliphatic carbocycles. The summed E-state index contributed by atoms with van der Waals surface area (Å²) in [5, 5.41) is 10.4. The minimum atomic E-state index is -1.00. The van der Waals surface area contributed by atoms with Gasteiger partial charge >= 0.3 is 6.09 Å². The number of aromatic nitrogens is 2. The van der Waals surface area contributed by atoms with Crippen molar-refractivity contribution in [3.8, 4) is 0 Å². The molecule has 0 saturated heterocycles. The van der Waals surface area contributed by atoms with Gasteiger partial charge in [-0.25, -0.2) is 9.78 Å². The first kappa shape index (κ1) is 29.3. The zero-order chi connectivity index (χ0) is 29.0. The van der Waals surface area contributed by atoms with Crippen molar-refractivity contribution in [3.63, 3.8) is 0 Å². The number of benzene rings is 3. The molecule has 0 bridgehead atoms. The summed E-state index contributed by atoms with van der Waals surface area (Å²) in [5.41, 5.74) is 2.33. The highest BCUT2D eigenvalue weighted by atomic mass is 16.5. The average Bonchev–Trinajstić information content (AvgIpc) is 3.49. The molecule has 9 heteroatoms. The molecular formula is C32H36N5O4. The average molecular weight is 555 g/mol. The Morgan fingerprint density at radius 3 is 2.37 bits per heavy atom. The maximum atomic E-state index is 13.7. The maximum Gasteiger partial charge on any atom is 0.408 e. The van der Waals surface area contributed by atoms with Gasteiger partial charge in [0.05, 0.1) is 12.0 Å². The number of aromatic amines is 1. The smallest absolute Gasteiger partial charge is 0.408 e. The van der Waals surface area contributed by atoms with E-state index in [0.29, 0.717) is 18.0 Å². The molecule has 0 saturated carbocycles. The Labute approximate surface area is 240 Å². The number of hydrogen-bond donors (Lipinski definition) is 4. The van der Waals surface area contributed by atoms with E-state index in [2.05, 4.69) is 25.9 Å². The molecule has 1 aromatic heterocycles. The normalized spacial score (nSPS) is 12.5. The Kier molecular flexibility index (Phi) is 10.5. The summed E-state index contributed by atoms with van der Waals surface area (Å²) in [7, 11) is 0. The van der Waals surface area contributed by atoms with Gasteiger partial charge in [-0.15, -0.1) is 0 Å². The number of ether oxygens (including phenoxy) is 1. The van der Waals surface area contributed by atoms with Crippen molar-refractivity contribution >= 4 is 28.7 Å². The predicted molar refractivity (Wildman–Crippen MR) is 157 cm³/mol. The fourth-order valence-corrected chi connectivity index (χ4v) is 4.40. The summed E-state index contributed by atoms with van der Waals surface area (Å²) in [6.45, 7) is 5.85. The van der Waals surface area contributed by atoms with Crippen LogP contribution in [-0.4, -0.2) is 40.0 Å². The fraction of sp³-hybridized carbons (Fsp3) is 0.281. The molecule has 0 fully saturated rings. The Morgan fingerprint density at radius 1 is 0.878 bits per heavy atom. The van der Waals surface area contributed by atoms with Crippen molar-refractivity contribution in [1.82, 2.24) is 25.9 Å². The second-order valence-electron chi connectivity index (χ2n) is 10.3. The van der Waals surface area contributed by atoms with Crippen molar-refractivity contribution in [2.75, 3.05) is 0 Å². The Hall–Kier alpha value is -4.66. The van der Waals surface area contributed by atoms with Gasteiger partial charge in [-0.3, -0.25) is 9.59 Å². The number of nitrogens with one attached hydrogen (secondary N) is 4. The second-order valence-corrected chi connectivity index (χ2v) is 10.3. The van der Waals surface area contributed by atoms with Crippen LogP contribution in [0.3, 0.4) is 0 Å². The topological polar surface area (TPSA) is 125 Å². The van der Waals surface area contributed by atoms with Crippen LogP contribution in [0.4, 0.5) is 4.79 Å². The number of nitrogens with zero attached hydrogens (tertiary/aromatic N) is 1. The SMILES string of the molecule is CC(C)C[CH]NC(=O)[C@H](Cc1c[nH]cn1)NC(=O)[C@@H](Cc1cccc2ccccc12)NC(=O)OCc1ccccc1. The number of alkyl carbamates (subject to hydrolysis) is 1. The number of carbonyl (C=O) groups excluding carboxylic acids is 3. The largest absolute Gasteiger partial charge is 0.445 e. The molecule has 9 nitrogen and oxygen atoms in total. The zero-order valence-corrected chi connectivity index (χ0v) is 23.3. The summed E-state index contributed by atoms with van der Waals surface area (Å²) in [6, 6.07) is 21.1. The minimum Gasteiger partial charge on any atom is -0.445 e. The molecule has 2 atom stereocenters. The van der Waals surface area contributed by atoms with Crippen molar-refractivity contribution in [2.45, 2.75) is 51.8 Å². The lowest BCUT2D eigenvalue weighted by Crippen LogP contribution is -2.55. The van der Waals surface area contributed by atoms with Crippen LogP contribution in [0.5, 0.6) is 0 Å². The van der Waals surface area contributed by atoms with Gasteiger partial charge in [0.15, 0.2) is 0 Å². The Bertz CT molecular complexity index is 1420. The molecule has 4 N–H and O–H groups in total. The second kappa shape index (κ2) is 14.6. The molecule has 0 aliphatic rings. The molecule has 213 valence electrons. The van der Waals surface area contributed by atoms with E-state index >= 15 is 0 Å². The monoisotopic (exact) mass is 554 g/mol. The predicted octanol–water partition coefficient (Wildman–Crippen LogP) is 4.45. The minimum absolute atomic E-state index is 0.0607. The lowest BCUT2D eigenvalue weighted by Gasteiger charge is -2.23. The molecule has 4 aromatic rings. The van der Waals surface area contributed by atoms with E-state index in [1.807, 2.05) is 86.6 Å². The van der Waals surface area contributed by atoms with Gasteiger partial charge in [0.25, 0.3) is 0 Å². The first-order valence-corrected chi connectivity index (χ1v) is 13.7. The standard InChI is InChI=1S/C32H36N5O4/c1-22(2)15-16-34-30(38)29(18-26-19-33-21-35-26)36-31(39)28(37-32(40)41-20-23-9-4-3-5-10-23)17-25-13-8-12-24-11-6-7-14-27(24)25/h3-14,16,19,21-22,28-29H,15,17-18,20H2,1-2H3,(H,33,35)(H,34,38)(H,36,39)(H,37,40)/t28-,29+/m1/s1. The van der Waals surface area contributed by atoms with Gasteiger partial charge in [0.2, 0.25) is 11.8 Å². The third-order valence-corrected chi connectivity index (χ3v) is 6.56. The number of hydrogen-bond acceptors (Lipinski definition) is 5. The lowest BCUT2D eigenvalue weighted by molar-refractivity contribution is -0.129. The van der Waals surface area contributed by atoms with E-state index in [9.17, 15) is 14.4 Å². The van der Waals surface area contributed by atoms with Gasteiger partial charge in [-0.1, -0.05) is 86.6 Å². The van der Waals surface area contributed by atoms with Crippen LogP contribution in [0.25, 0.3) is 10.8 Å². The molecule has 41 heavy (non-hydrogen) atoms. The molecule has 0 aliphatic heterocycles.